The average molecular weight is 906 g/mol. The van der Waals surface area contributed by atoms with Gasteiger partial charge in [-0.25, -0.2) is 0 Å². The van der Waals surface area contributed by atoms with E-state index in [-0.39, 0.29) is 0 Å². The van der Waals surface area contributed by atoms with Crippen molar-refractivity contribution in [3.05, 3.63) is 184 Å². The van der Waals surface area contributed by atoms with Crippen LogP contribution in [0.4, 0.5) is 0 Å². The third-order valence-electron chi connectivity index (χ3n) is 17.5. The normalized spacial score (nSPS) is 31.4. The van der Waals surface area contributed by atoms with Crippen molar-refractivity contribution in [1.29, 1.82) is 0 Å². The number of rotatable bonds is 16. The zero-order valence-corrected chi connectivity index (χ0v) is 41.9. The first-order chi connectivity index (χ1) is 33.6. The van der Waals surface area contributed by atoms with E-state index in [9.17, 15) is 0 Å². The fourth-order valence-electron chi connectivity index (χ4n) is 13.7. The molecule has 1 heterocycles. The molecule has 0 spiro atoms. The fourth-order valence-corrected chi connectivity index (χ4v) is 13.7. The maximum atomic E-state index is 4.20. The van der Waals surface area contributed by atoms with Gasteiger partial charge in [-0.05, 0) is 191 Å². The van der Waals surface area contributed by atoms with E-state index in [2.05, 4.69) is 163 Å². The van der Waals surface area contributed by atoms with Gasteiger partial charge < -0.3 is 10.6 Å². The third kappa shape index (κ3) is 11.4. The van der Waals surface area contributed by atoms with Crippen molar-refractivity contribution >= 4 is 5.57 Å². The van der Waals surface area contributed by atoms with Gasteiger partial charge in [-0.3, -0.25) is 4.90 Å². The first-order valence-corrected chi connectivity index (χ1v) is 27.9. The van der Waals surface area contributed by atoms with Crippen molar-refractivity contribution in [2.24, 2.45) is 23.7 Å². The second kappa shape index (κ2) is 23.0. The van der Waals surface area contributed by atoms with Crippen molar-refractivity contribution in [1.82, 2.24) is 15.5 Å². The van der Waals surface area contributed by atoms with Crippen LogP contribution in [-0.4, -0.2) is 41.7 Å². The Bertz CT molecular complexity index is 2350. The highest BCUT2D eigenvalue weighted by Gasteiger charge is 2.47. The molecule has 1 aromatic carbocycles. The Morgan fingerprint density at radius 3 is 2.51 bits per heavy atom. The molecule has 9 aliphatic rings. The summed E-state index contributed by atoms with van der Waals surface area (Å²) in [5.41, 5.74) is 15.1. The highest BCUT2D eigenvalue weighted by molar-refractivity contribution is 5.70. The molecule has 68 heavy (non-hydrogen) atoms. The second-order valence-corrected chi connectivity index (χ2v) is 22.1. The summed E-state index contributed by atoms with van der Waals surface area (Å²) in [4.78, 5) is 2.93. The SMILES string of the molecule is CCC/C=C(\CC1=CCCC(C2=CCC3C(=C2)C2CCC=CC2N3C2C=C(C3=CC=C(c4ccccc4)CC3)C=CC2)=C1)NC1CCC([C@@H](/C=C/C2=CCCCC2)NCC2CC=CCC2)C(C)C1. The van der Waals surface area contributed by atoms with Crippen LogP contribution in [0.1, 0.15) is 154 Å². The van der Waals surface area contributed by atoms with Gasteiger partial charge in [0, 0.05) is 48.2 Å². The maximum Gasteiger partial charge on any atom is 0.0361 e. The molecule has 1 saturated heterocycles. The molecule has 358 valence electrons. The Hall–Kier alpha value is -4.44. The van der Waals surface area contributed by atoms with Crippen molar-refractivity contribution < 1.29 is 0 Å². The Kier molecular flexibility index (Phi) is 16.0. The van der Waals surface area contributed by atoms with E-state index in [0.29, 0.717) is 48.0 Å². The lowest BCUT2D eigenvalue weighted by atomic mass is 9.73. The minimum absolute atomic E-state index is 0.432. The van der Waals surface area contributed by atoms with Gasteiger partial charge in [0.2, 0.25) is 0 Å². The summed E-state index contributed by atoms with van der Waals surface area (Å²) in [6.45, 7) is 6.03. The summed E-state index contributed by atoms with van der Waals surface area (Å²) in [6.07, 6.45) is 68.1. The van der Waals surface area contributed by atoms with Crippen LogP contribution in [0.25, 0.3) is 5.57 Å². The molecular formula is C65H83N3. The monoisotopic (exact) mass is 906 g/mol. The summed E-state index contributed by atoms with van der Waals surface area (Å²) in [7, 11) is 0. The van der Waals surface area contributed by atoms with Crippen molar-refractivity contribution in [2.45, 2.75) is 179 Å². The zero-order chi connectivity index (χ0) is 46.1. The summed E-state index contributed by atoms with van der Waals surface area (Å²) < 4.78 is 0. The lowest BCUT2D eigenvalue weighted by molar-refractivity contribution is 0.168. The van der Waals surface area contributed by atoms with Gasteiger partial charge in [0.1, 0.15) is 0 Å². The maximum absolute atomic E-state index is 4.20. The summed E-state index contributed by atoms with van der Waals surface area (Å²) >= 11 is 0. The first kappa shape index (κ1) is 47.2. The van der Waals surface area contributed by atoms with Crippen LogP contribution in [0, 0.1) is 23.7 Å². The average Bonchev–Trinajstić information content (AvgIpc) is 3.73. The molecule has 0 radical (unpaired) electrons. The molecule has 3 heteroatoms. The van der Waals surface area contributed by atoms with Crippen LogP contribution in [0.15, 0.2) is 178 Å². The predicted molar refractivity (Wildman–Crippen MR) is 290 cm³/mol. The van der Waals surface area contributed by atoms with Crippen LogP contribution in [0.5, 0.6) is 0 Å². The molecule has 3 nitrogen and oxygen atoms in total. The highest BCUT2D eigenvalue weighted by atomic mass is 15.2. The Morgan fingerprint density at radius 1 is 0.794 bits per heavy atom. The quantitative estimate of drug-likeness (QED) is 0.162. The lowest BCUT2D eigenvalue weighted by Gasteiger charge is -2.40. The van der Waals surface area contributed by atoms with E-state index in [0.717, 1.165) is 63.8 Å². The van der Waals surface area contributed by atoms with Gasteiger partial charge in [0.15, 0.2) is 0 Å². The lowest BCUT2D eigenvalue weighted by Crippen LogP contribution is -2.45. The minimum atomic E-state index is 0.432. The number of allylic oxidation sites excluding steroid dienone is 19. The minimum Gasteiger partial charge on any atom is -0.386 e. The molecule has 0 amide bonds. The number of nitrogens with zero attached hydrogens (tertiary/aromatic N) is 1. The van der Waals surface area contributed by atoms with Gasteiger partial charge >= 0.3 is 0 Å². The zero-order valence-electron chi connectivity index (χ0n) is 41.9. The van der Waals surface area contributed by atoms with E-state index in [1.807, 2.05) is 0 Å². The molecule has 10 rings (SSSR count). The van der Waals surface area contributed by atoms with Gasteiger partial charge in [0.25, 0.3) is 0 Å². The van der Waals surface area contributed by atoms with Crippen molar-refractivity contribution in [2.75, 3.05) is 6.54 Å². The third-order valence-corrected chi connectivity index (χ3v) is 17.5. The molecular weight excluding hydrogens is 823 g/mol. The van der Waals surface area contributed by atoms with E-state index in [1.165, 1.54) is 123 Å². The molecule has 8 unspecified atom stereocenters. The number of benzene rings is 1. The molecule has 1 aromatic rings. The van der Waals surface area contributed by atoms with Crippen LogP contribution >= 0.6 is 0 Å². The number of fused-ring (bicyclic) bond motifs is 3. The molecule has 0 bridgehead atoms. The highest BCUT2D eigenvalue weighted by Crippen LogP contribution is 2.48. The number of hydrogen-bond donors (Lipinski definition) is 2. The smallest absolute Gasteiger partial charge is 0.0361 e. The molecule has 9 atom stereocenters. The van der Waals surface area contributed by atoms with E-state index in [1.54, 1.807) is 16.7 Å². The predicted octanol–water partition coefficient (Wildman–Crippen LogP) is 15.8. The first-order valence-electron chi connectivity index (χ1n) is 27.9. The van der Waals surface area contributed by atoms with Crippen molar-refractivity contribution in [3.8, 4) is 0 Å². The molecule has 2 N–H and O–H groups in total. The van der Waals surface area contributed by atoms with Gasteiger partial charge in [-0.15, -0.1) is 0 Å². The standard InChI is InChI=1S/C65H83N3/c1-3-4-27-57(67-58-37-38-60(47(2)41-58)63(39-31-48-18-8-5-9-19-48)66-46-49-20-10-6-11-21-49)43-50-22-16-25-54(42-50)56-36-40-65-62(45-56)61-29-14-15-30-64(61)68(65)59-28-17-26-55(44-59)53-34-32-52(33-35-53)51-23-12-7-13-24-51/h6-7,10,12-13,15,17-18,22-24,26-27,30-32,34,36,39,42,44-45,47,49,58-61,63-67H,3-5,8-9,11,14,16,19-21,25,28-29,33,35,37-38,40-41,43,46H2,1-2H3/b39-31+,57-27+/t47?,49?,58?,59?,60?,61?,63-,64?,65?/m1/s1. The Morgan fingerprint density at radius 2 is 1.69 bits per heavy atom. The van der Waals surface area contributed by atoms with Gasteiger partial charge in [0.05, 0.1) is 0 Å². The number of nitrogens with one attached hydrogen (secondary N) is 2. The number of likely N-dealkylation sites (tertiary alicyclic amines) is 1. The van der Waals surface area contributed by atoms with Crippen molar-refractivity contribution in [3.63, 3.8) is 0 Å². The van der Waals surface area contributed by atoms with Gasteiger partial charge in [-0.2, -0.15) is 0 Å². The van der Waals surface area contributed by atoms with Crippen LogP contribution in [0.2, 0.25) is 0 Å². The molecule has 1 aliphatic heterocycles. The summed E-state index contributed by atoms with van der Waals surface area (Å²) in [5.74, 6) is 2.76. The fraction of sp³-hybridized carbons (Fsp3) is 0.508. The largest absolute Gasteiger partial charge is 0.386 e. The molecule has 0 aromatic heterocycles. The van der Waals surface area contributed by atoms with E-state index < -0.39 is 0 Å². The van der Waals surface area contributed by atoms with E-state index in [4.69, 9.17) is 0 Å². The topological polar surface area (TPSA) is 27.3 Å². The summed E-state index contributed by atoms with van der Waals surface area (Å²) in [6, 6.07) is 13.4. The van der Waals surface area contributed by atoms with Gasteiger partial charge in [-0.1, -0.05) is 159 Å². The Balaban J connectivity index is 0.793. The van der Waals surface area contributed by atoms with Crippen LogP contribution in [-0.2, 0) is 0 Å². The Labute approximate surface area is 412 Å². The molecule has 1 saturated carbocycles. The number of unbranched alkanes of at least 4 members (excludes halogenated alkanes) is 1. The molecule has 8 aliphatic carbocycles. The van der Waals surface area contributed by atoms with Crippen LogP contribution < -0.4 is 10.6 Å². The number of hydrogen-bond acceptors (Lipinski definition) is 3. The van der Waals surface area contributed by atoms with Crippen LogP contribution in [0.3, 0.4) is 0 Å². The summed E-state index contributed by atoms with van der Waals surface area (Å²) in [5, 5.41) is 8.34. The van der Waals surface area contributed by atoms with E-state index >= 15 is 0 Å². The second-order valence-electron chi connectivity index (χ2n) is 22.1. The molecule has 2 fully saturated rings.